The first kappa shape index (κ1) is 14.0. The number of nitrogens with zero attached hydrogens (tertiary/aromatic N) is 1. The number of fused-ring (bicyclic) bond motifs is 1. The smallest absolute Gasteiger partial charge is 0.0698 e. The molecule has 0 aliphatic carbocycles. The average molecular weight is 259 g/mol. The summed E-state index contributed by atoms with van der Waals surface area (Å²) >= 11 is 0. The van der Waals surface area contributed by atoms with Crippen LogP contribution in [-0.2, 0) is 11.3 Å². The van der Waals surface area contributed by atoms with Crippen LogP contribution in [0.4, 0.5) is 0 Å². The maximum atomic E-state index is 8.65. The van der Waals surface area contributed by atoms with Crippen molar-refractivity contribution in [1.29, 1.82) is 0 Å². The molecule has 0 radical (unpaired) electrons. The third kappa shape index (κ3) is 4.03. The molecule has 0 unspecified atom stereocenters. The van der Waals surface area contributed by atoms with Gasteiger partial charge in [0.15, 0.2) is 0 Å². The molecule has 1 N–H and O–H groups in total. The maximum Gasteiger partial charge on any atom is 0.0698 e. The van der Waals surface area contributed by atoms with Crippen LogP contribution in [0.5, 0.6) is 0 Å². The number of ether oxygens (including phenoxy) is 1. The van der Waals surface area contributed by atoms with Gasteiger partial charge in [-0.15, -0.1) is 0 Å². The third-order valence-electron chi connectivity index (χ3n) is 3.17. The Bertz CT molecular complexity index is 508. The highest BCUT2D eigenvalue weighted by Gasteiger charge is 2.04. The molecule has 3 nitrogen and oxygen atoms in total. The zero-order valence-corrected chi connectivity index (χ0v) is 11.4. The van der Waals surface area contributed by atoms with E-state index in [1.54, 1.807) is 0 Å². The molecule has 0 aliphatic rings. The molecule has 0 saturated carbocycles. The molecule has 0 aromatic heterocycles. The molecule has 19 heavy (non-hydrogen) atoms. The summed E-state index contributed by atoms with van der Waals surface area (Å²) in [4.78, 5) is 2.24. The van der Waals surface area contributed by atoms with Crippen LogP contribution in [0.15, 0.2) is 42.5 Å². The van der Waals surface area contributed by atoms with Crippen molar-refractivity contribution >= 4 is 10.8 Å². The molecule has 2 rings (SSSR count). The quantitative estimate of drug-likeness (QED) is 0.774. The van der Waals surface area contributed by atoms with E-state index in [2.05, 4.69) is 54.4 Å². The van der Waals surface area contributed by atoms with Crippen molar-refractivity contribution in [2.75, 3.05) is 33.4 Å². The molecule has 0 heterocycles. The summed E-state index contributed by atoms with van der Waals surface area (Å²) in [6.45, 7) is 2.93. The topological polar surface area (TPSA) is 32.7 Å². The van der Waals surface area contributed by atoms with Gasteiger partial charge in [0.25, 0.3) is 0 Å². The van der Waals surface area contributed by atoms with Gasteiger partial charge >= 0.3 is 0 Å². The first-order valence-corrected chi connectivity index (χ1v) is 6.65. The fourth-order valence-corrected chi connectivity index (χ4v) is 2.19. The van der Waals surface area contributed by atoms with Crippen LogP contribution in [0, 0.1) is 0 Å². The molecule has 2 aromatic rings. The summed E-state index contributed by atoms with van der Waals surface area (Å²) in [6.07, 6.45) is 0. The van der Waals surface area contributed by atoms with Crippen molar-refractivity contribution in [2.45, 2.75) is 6.54 Å². The van der Waals surface area contributed by atoms with E-state index in [0.29, 0.717) is 13.2 Å². The van der Waals surface area contributed by atoms with Crippen molar-refractivity contribution in [1.82, 2.24) is 4.90 Å². The number of aliphatic hydroxyl groups excluding tert-OH is 1. The summed E-state index contributed by atoms with van der Waals surface area (Å²) in [5.41, 5.74) is 1.34. The fourth-order valence-electron chi connectivity index (χ4n) is 2.19. The Balaban J connectivity index is 1.97. The predicted octanol–water partition coefficient (Wildman–Crippen LogP) is 2.28. The number of benzene rings is 2. The van der Waals surface area contributed by atoms with Crippen molar-refractivity contribution in [3.05, 3.63) is 48.0 Å². The van der Waals surface area contributed by atoms with E-state index in [0.717, 1.165) is 13.1 Å². The predicted molar refractivity (Wildman–Crippen MR) is 78.2 cm³/mol. The lowest BCUT2D eigenvalue weighted by Crippen LogP contribution is -2.23. The molecular formula is C16H21NO2. The second kappa shape index (κ2) is 7.24. The minimum Gasteiger partial charge on any atom is -0.394 e. The molecule has 0 fully saturated rings. The Morgan fingerprint density at radius 2 is 1.84 bits per heavy atom. The first-order valence-electron chi connectivity index (χ1n) is 6.65. The van der Waals surface area contributed by atoms with Gasteiger partial charge < -0.3 is 9.84 Å². The zero-order chi connectivity index (χ0) is 13.5. The minimum absolute atomic E-state index is 0.0903. The number of hydrogen-bond acceptors (Lipinski definition) is 3. The average Bonchev–Trinajstić information content (AvgIpc) is 2.44. The number of likely N-dealkylation sites (N-methyl/N-ethyl adjacent to an activating group) is 1. The van der Waals surface area contributed by atoms with Gasteiger partial charge in [0.2, 0.25) is 0 Å². The monoisotopic (exact) mass is 259 g/mol. The SMILES string of the molecule is CN(CCOCCO)Cc1cccc2ccccc12. The van der Waals surface area contributed by atoms with Gasteiger partial charge in [0.1, 0.15) is 0 Å². The maximum absolute atomic E-state index is 8.65. The molecule has 102 valence electrons. The fraction of sp³-hybridized carbons (Fsp3) is 0.375. The van der Waals surface area contributed by atoms with Crippen LogP contribution < -0.4 is 0 Å². The van der Waals surface area contributed by atoms with Crippen LogP contribution in [0.25, 0.3) is 10.8 Å². The lowest BCUT2D eigenvalue weighted by atomic mass is 10.0. The minimum atomic E-state index is 0.0903. The summed E-state index contributed by atoms with van der Waals surface area (Å²) in [7, 11) is 2.09. The van der Waals surface area contributed by atoms with Gasteiger partial charge in [-0.05, 0) is 23.4 Å². The summed E-state index contributed by atoms with van der Waals surface area (Å²) in [6, 6.07) is 14.9. The van der Waals surface area contributed by atoms with E-state index in [1.807, 2.05) is 0 Å². The molecule has 0 amide bonds. The zero-order valence-electron chi connectivity index (χ0n) is 11.4. The highest BCUT2D eigenvalue weighted by molar-refractivity contribution is 5.85. The van der Waals surface area contributed by atoms with Gasteiger partial charge in [-0.25, -0.2) is 0 Å². The Hall–Kier alpha value is -1.42. The van der Waals surface area contributed by atoms with Crippen LogP contribution in [0.3, 0.4) is 0 Å². The van der Waals surface area contributed by atoms with E-state index in [-0.39, 0.29) is 6.61 Å². The Labute approximate surface area is 114 Å². The number of aliphatic hydroxyl groups is 1. The molecular weight excluding hydrogens is 238 g/mol. The second-order valence-electron chi connectivity index (χ2n) is 4.71. The van der Waals surface area contributed by atoms with E-state index < -0.39 is 0 Å². The molecule has 0 atom stereocenters. The molecule has 0 aliphatic heterocycles. The number of hydrogen-bond donors (Lipinski definition) is 1. The normalized spacial score (nSPS) is 11.3. The molecule has 0 bridgehead atoms. The van der Waals surface area contributed by atoms with Gasteiger partial charge in [-0.2, -0.15) is 0 Å². The molecule has 0 saturated heterocycles. The summed E-state index contributed by atoms with van der Waals surface area (Å²) < 4.78 is 5.29. The van der Waals surface area contributed by atoms with Crippen molar-refractivity contribution < 1.29 is 9.84 Å². The van der Waals surface area contributed by atoms with Gasteiger partial charge in [0, 0.05) is 13.1 Å². The van der Waals surface area contributed by atoms with Gasteiger partial charge in [-0.3, -0.25) is 4.90 Å². The van der Waals surface area contributed by atoms with Crippen LogP contribution in [0.1, 0.15) is 5.56 Å². The van der Waals surface area contributed by atoms with E-state index in [1.165, 1.54) is 16.3 Å². The van der Waals surface area contributed by atoms with E-state index in [4.69, 9.17) is 9.84 Å². The largest absolute Gasteiger partial charge is 0.394 e. The van der Waals surface area contributed by atoms with E-state index >= 15 is 0 Å². The molecule has 2 aromatic carbocycles. The lowest BCUT2D eigenvalue weighted by Gasteiger charge is -2.17. The van der Waals surface area contributed by atoms with Gasteiger partial charge in [-0.1, -0.05) is 42.5 Å². The van der Waals surface area contributed by atoms with Crippen LogP contribution >= 0.6 is 0 Å². The lowest BCUT2D eigenvalue weighted by molar-refractivity contribution is 0.0773. The third-order valence-corrected chi connectivity index (χ3v) is 3.17. The highest BCUT2D eigenvalue weighted by atomic mass is 16.5. The van der Waals surface area contributed by atoms with Crippen molar-refractivity contribution in [3.8, 4) is 0 Å². The molecule has 0 spiro atoms. The Morgan fingerprint density at radius 3 is 2.68 bits per heavy atom. The number of rotatable bonds is 7. The Morgan fingerprint density at radius 1 is 1.05 bits per heavy atom. The van der Waals surface area contributed by atoms with Gasteiger partial charge in [0.05, 0.1) is 19.8 Å². The highest BCUT2D eigenvalue weighted by Crippen LogP contribution is 2.19. The Kier molecular flexibility index (Phi) is 5.33. The van der Waals surface area contributed by atoms with Crippen LogP contribution in [0.2, 0.25) is 0 Å². The van der Waals surface area contributed by atoms with Crippen molar-refractivity contribution in [3.63, 3.8) is 0 Å². The summed E-state index contributed by atoms with van der Waals surface area (Å²) in [5.74, 6) is 0. The van der Waals surface area contributed by atoms with E-state index in [9.17, 15) is 0 Å². The van der Waals surface area contributed by atoms with Crippen LogP contribution in [-0.4, -0.2) is 43.4 Å². The first-order chi connectivity index (χ1) is 9.31. The summed E-state index contributed by atoms with van der Waals surface area (Å²) in [5, 5.41) is 11.2. The molecule has 3 heteroatoms. The second-order valence-corrected chi connectivity index (χ2v) is 4.71. The van der Waals surface area contributed by atoms with Crippen molar-refractivity contribution in [2.24, 2.45) is 0 Å². The standard InChI is InChI=1S/C16H21NO2/c1-17(9-11-19-12-10-18)13-15-7-4-6-14-5-2-3-8-16(14)15/h2-8,18H,9-13H2,1H3.